The van der Waals surface area contributed by atoms with Crippen molar-refractivity contribution in [2.24, 2.45) is 55.2 Å². The fraction of sp³-hybridized carbons (Fsp3) is 0.631. The number of carbonyl (C=O) groups excluding carboxylic acids is 4. The third-order valence-corrected chi connectivity index (χ3v) is 22.0. The third kappa shape index (κ3) is 8.25. The Bertz CT molecular complexity index is 2830. The second-order valence-electron chi connectivity index (χ2n) is 28.0. The highest BCUT2D eigenvalue weighted by atomic mass is 16.2. The summed E-state index contributed by atoms with van der Waals surface area (Å²) in [5, 5.41) is 6.86. The lowest BCUT2D eigenvalue weighted by Crippen LogP contribution is -2.52. The molecule has 0 spiro atoms. The van der Waals surface area contributed by atoms with Crippen LogP contribution < -0.4 is 0 Å². The fourth-order valence-electron chi connectivity index (χ4n) is 14.6. The quantitative estimate of drug-likeness (QED) is 0.0498. The first-order valence-electron chi connectivity index (χ1n) is 27.8. The van der Waals surface area contributed by atoms with Crippen molar-refractivity contribution >= 4 is 66.7 Å². The Morgan fingerprint density at radius 2 is 0.831 bits per heavy atom. The SMILES string of the molecule is CCC(C)(CC(C)(C)C(C)(CC)CC(C)CCN1C(=O)c2ccc3c4ccc5c6c(ccc(c7ccc(c2c37)C1=O)c64)C(=O)N(CCC(C)CC1(C)CCC1(C)CC(C)(CC)C(C)(C)C)C5=O)C(C)(C)C. The Morgan fingerprint density at radius 1 is 0.479 bits per heavy atom. The maximum absolute atomic E-state index is 14.5. The molecule has 2 heterocycles. The van der Waals surface area contributed by atoms with Gasteiger partial charge in [-0.1, -0.05) is 168 Å². The van der Waals surface area contributed by atoms with E-state index in [2.05, 4.69) is 125 Å². The van der Waals surface area contributed by atoms with E-state index in [1.54, 1.807) is 0 Å². The average Bonchev–Trinajstić information content (AvgIpc) is 3.30. The Labute approximate surface area is 428 Å². The van der Waals surface area contributed by atoms with Gasteiger partial charge in [0.2, 0.25) is 0 Å². The van der Waals surface area contributed by atoms with Gasteiger partial charge in [-0.3, -0.25) is 29.0 Å². The largest absolute Gasteiger partial charge is 0.274 e. The Kier molecular flexibility index (Phi) is 13.2. The lowest BCUT2D eigenvalue weighted by atomic mass is 9.43. The van der Waals surface area contributed by atoms with Crippen LogP contribution in [0.2, 0.25) is 0 Å². The van der Waals surface area contributed by atoms with E-state index in [0.717, 1.165) is 83.7 Å². The van der Waals surface area contributed by atoms with E-state index in [4.69, 9.17) is 0 Å². The first-order chi connectivity index (χ1) is 32.9. The molecule has 6 heteroatoms. The summed E-state index contributed by atoms with van der Waals surface area (Å²) in [7, 11) is 0. The lowest BCUT2D eigenvalue weighted by molar-refractivity contribution is -0.117. The standard InChI is InChI=1S/C65H90N2O4/c1-19-61(14,60(12,13)38-62(15,20-2)58(6,7)8)36-40(4)30-34-66-54(68)46-26-22-42-44-24-28-48-53-49(29-25-45(51(44)53)43-23-27-47(55(66)69)52(46)50(42)43)57(71)67(56(48)70)35-31-41(5)37-64(17)32-33-65(64,18)39-63(16,21-3)59(9,10)11/h22-29,40-41H,19-21,30-39H2,1-18H3. The van der Waals surface area contributed by atoms with Gasteiger partial charge in [0, 0.05) is 46.1 Å². The van der Waals surface area contributed by atoms with Crippen LogP contribution in [0.1, 0.15) is 237 Å². The van der Waals surface area contributed by atoms with Crippen LogP contribution in [-0.4, -0.2) is 46.5 Å². The van der Waals surface area contributed by atoms with Crippen molar-refractivity contribution in [3.63, 3.8) is 0 Å². The van der Waals surface area contributed by atoms with E-state index < -0.39 is 0 Å². The van der Waals surface area contributed by atoms with Crippen molar-refractivity contribution in [2.45, 2.75) is 195 Å². The number of hydrogen-bond donors (Lipinski definition) is 0. The predicted octanol–water partition coefficient (Wildman–Crippen LogP) is 17.7. The molecule has 384 valence electrons. The molecule has 0 saturated heterocycles. The summed E-state index contributed by atoms with van der Waals surface area (Å²) in [6.07, 6.45) is 11.8. The second kappa shape index (κ2) is 17.7. The van der Waals surface area contributed by atoms with Crippen molar-refractivity contribution in [1.29, 1.82) is 0 Å². The van der Waals surface area contributed by atoms with Crippen molar-refractivity contribution in [3.05, 3.63) is 70.8 Å². The Hall–Kier alpha value is -4.32. The Morgan fingerprint density at radius 3 is 1.15 bits per heavy atom. The first kappa shape index (κ1) is 53.0. The second-order valence-corrected chi connectivity index (χ2v) is 28.0. The van der Waals surface area contributed by atoms with Crippen LogP contribution in [0, 0.1) is 55.2 Å². The fourth-order valence-corrected chi connectivity index (χ4v) is 14.6. The molecule has 71 heavy (non-hydrogen) atoms. The predicted molar refractivity (Wildman–Crippen MR) is 298 cm³/mol. The zero-order valence-electron chi connectivity index (χ0n) is 47.5. The summed E-state index contributed by atoms with van der Waals surface area (Å²) < 4.78 is 0. The maximum atomic E-state index is 14.5. The van der Waals surface area contributed by atoms with Crippen LogP contribution >= 0.6 is 0 Å². The number of fused-ring (bicyclic) bond motifs is 2. The smallest absolute Gasteiger partial charge is 0.261 e. The molecule has 1 fully saturated rings. The molecule has 0 N–H and O–H groups in total. The van der Waals surface area contributed by atoms with Gasteiger partial charge in [-0.25, -0.2) is 0 Å². The zero-order valence-corrected chi connectivity index (χ0v) is 47.5. The molecule has 6 nitrogen and oxygen atoms in total. The molecule has 3 aliphatic rings. The minimum atomic E-state index is -0.238. The first-order valence-corrected chi connectivity index (χ1v) is 27.8. The number of hydrogen-bond acceptors (Lipinski definition) is 4. The van der Waals surface area contributed by atoms with Crippen LogP contribution in [0.15, 0.2) is 48.5 Å². The van der Waals surface area contributed by atoms with Gasteiger partial charge in [-0.15, -0.1) is 0 Å². The minimum Gasteiger partial charge on any atom is -0.274 e. The monoisotopic (exact) mass is 963 g/mol. The number of imide groups is 2. The van der Waals surface area contributed by atoms with Crippen molar-refractivity contribution in [2.75, 3.05) is 13.1 Å². The molecule has 5 aromatic carbocycles. The molecular formula is C65H90N2O4. The highest BCUT2D eigenvalue weighted by molar-refractivity contribution is 6.41. The molecule has 4 amide bonds. The van der Waals surface area contributed by atoms with Crippen LogP contribution in [-0.2, 0) is 0 Å². The third-order valence-electron chi connectivity index (χ3n) is 22.0. The summed E-state index contributed by atoms with van der Waals surface area (Å²) >= 11 is 0. The lowest BCUT2D eigenvalue weighted by Gasteiger charge is -2.62. The van der Waals surface area contributed by atoms with Crippen LogP contribution in [0.3, 0.4) is 0 Å². The molecule has 0 radical (unpaired) electrons. The van der Waals surface area contributed by atoms with Gasteiger partial charge < -0.3 is 0 Å². The number of carbonyl (C=O) groups is 4. The summed E-state index contributed by atoms with van der Waals surface area (Å²) in [4.78, 5) is 61.1. The van der Waals surface area contributed by atoms with Crippen molar-refractivity contribution in [1.82, 2.24) is 9.80 Å². The normalized spacial score (nSPS) is 23.4. The van der Waals surface area contributed by atoms with Crippen LogP contribution in [0.5, 0.6) is 0 Å². The molecule has 7 atom stereocenters. The van der Waals surface area contributed by atoms with Crippen LogP contribution in [0.4, 0.5) is 0 Å². The van der Waals surface area contributed by atoms with E-state index in [9.17, 15) is 19.2 Å². The highest BCUT2D eigenvalue weighted by Crippen LogP contribution is 2.66. The summed E-state index contributed by atoms with van der Waals surface area (Å²) in [5.74, 6) is -0.269. The van der Waals surface area contributed by atoms with E-state index >= 15 is 0 Å². The number of nitrogens with zero attached hydrogens (tertiary/aromatic N) is 2. The van der Waals surface area contributed by atoms with Gasteiger partial charge in [-0.2, -0.15) is 0 Å². The van der Waals surface area contributed by atoms with Crippen molar-refractivity contribution < 1.29 is 19.2 Å². The van der Waals surface area contributed by atoms with Gasteiger partial charge in [0.25, 0.3) is 23.6 Å². The number of amides is 4. The average molecular weight is 963 g/mol. The molecule has 1 saturated carbocycles. The summed E-state index contributed by atoms with van der Waals surface area (Å²) in [6.45, 7) is 44.0. The van der Waals surface area contributed by atoms with E-state index in [1.807, 2.05) is 48.5 Å². The topological polar surface area (TPSA) is 74.8 Å². The van der Waals surface area contributed by atoms with Gasteiger partial charge in [0.15, 0.2) is 0 Å². The molecule has 7 unspecified atom stereocenters. The molecule has 0 aromatic heterocycles. The highest BCUT2D eigenvalue weighted by Gasteiger charge is 2.56. The zero-order chi connectivity index (χ0) is 52.4. The van der Waals surface area contributed by atoms with E-state index in [1.165, 1.54) is 29.1 Å². The molecular weight excluding hydrogens is 873 g/mol. The van der Waals surface area contributed by atoms with Crippen molar-refractivity contribution in [3.8, 4) is 0 Å². The molecule has 2 aliphatic heterocycles. The van der Waals surface area contributed by atoms with Gasteiger partial charge in [0.05, 0.1) is 0 Å². The summed E-state index contributed by atoms with van der Waals surface area (Å²) in [5.41, 5.74) is 3.75. The van der Waals surface area contributed by atoms with Gasteiger partial charge in [0.1, 0.15) is 0 Å². The number of benzene rings is 5. The Balaban J connectivity index is 1.02. The van der Waals surface area contributed by atoms with Gasteiger partial charge in [-0.05, 0) is 163 Å². The molecule has 0 bridgehead atoms. The van der Waals surface area contributed by atoms with E-state index in [-0.39, 0.29) is 66.9 Å². The van der Waals surface area contributed by atoms with Gasteiger partial charge >= 0.3 is 0 Å². The molecule has 8 rings (SSSR count). The van der Waals surface area contributed by atoms with E-state index in [0.29, 0.717) is 58.0 Å². The van der Waals surface area contributed by atoms with Crippen LogP contribution in [0.25, 0.3) is 43.1 Å². The number of rotatable bonds is 18. The molecule has 5 aromatic rings. The molecule has 1 aliphatic carbocycles. The summed E-state index contributed by atoms with van der Waals surface area (Å²) in [6, 6.07) is 15.7. The minimum absolute atomic E-state index is 0.0845. The maximum Gasteiger partial charge on any atom is 0.261 e.